The SMILES string of the molecule is C/C=C(/C)C(=O)O[C@H]1CC[C@@]2(C)[C@@H]3C[C@@H](OC(C)=O)[C@H]4[C@@]5(O)[C@@H](C[C@@]42O[C@@]13O)[C@@H]1CN2C[C@@H](C)CC[C@H]2[C@@](C)(O)[C@H]1[C@@H](O)[C@@H]5OC(=O)/C(C)=C/C. The van der Waals surface area contributed by atoms with Gasteiger partial charge in [0.2, 0.25) is 5.79 Å². The van der Waals surface area contributed by atoms with Gasteiger partial charge in [-0.25, -0.2) is 9.59 Å². The number of fused-ring (bicyclic) bond motifs is 5. The molecule has 0 aromatic rings. The molecule has 0 radical (unpaired) electrons. The van der Waals surface area contributed by atoms with E-state index in [1.54, 1.807) is 46.8 Å². The molecule has 12 heteroatoms. The maximum absolute atomic E-state index is 13.6. The zero-order valence-corrected chi connectivity index (χ0v) is 31.3. The van der Waals surface area contributed by atoms with Gasteiger partial charge in [-0.1, -0.05) is 26.0 Å². The molecular weight excluding hydrogens is 658 g/mol. The lowest BCUT2D eigenvalue weighted by Gasteiger charge is -2.64. The highest BCUT2D eigenvalue weighted by Gasteiger charge is 2.87. The van der Waals surface area contributed by atoms with Gasteiger partial charge in [-0.2, -0.15) is 0 Å². The average molecular weight is 716 g/mol. The molecule has 0 aromatic heterocycles. The van der Waals surface area contributed by atoms with E-state index in [9.17, 15) is 34.8 Å². The normalized spacial score (nSPS) is 51.8. The summed E-state index contributed by atoms with van der Waals surface area (Å²) in [7, 11) is 0. The minimum Gasteiger partial charge on any atom is -0.462 e. The minimum absolute atomic E-state index is 0.0901. The van der Waals surface area contributed by atoms with Crippen LogP contribution in [0.1, 0.15) is 93.9 Å². The topological polar surface area (TPSA) is 172 Å². The second kappa shape index (κ2) is 12.1. The van der Waals surface area contributed by atoms with Crippen molar-refractivity contribution < 1.29 is 53.8 Å². The van der Waals surface area contributed by atoms with Crippen LogP contribution < -0.4 is 0 Å². The third-order valence-corrected chi connectivity index (χ3v) is 15.1. The summed E-state index contributed by atoms with van der Waals surface area (Å²) >= 11 is 0. The number of carbonyl (C=O) groups excluding carboxylic acids is 3. The molecule has 3 saturated heterocycles. The van der Waals surface area contributed by atoms with Crippen LogP contribution in [-0.4, -0.2) is 109 Å². The Kier molecular flexibility index (Phi) is 8.76. The molecule has 4 saturated carbocycles. The van der Waals surface area contributed by atoms with Crippen molar-refractivity contribution in [2.24, 2.45) is 40.9 Å². The molecule has 3 aliphatic heterocycles. The lowest BCUT2D eigenvalue weighted by molar-refractivity contribution is -0.299. The van der Waals surface area contributed by atoms with E-state index >= 15 is 0 Å². The van der Waals surface area contributed by atoms with E-state index in [2.05, 4.69) is 11.8 Å². The predicted molar refractivity (Wildman–Crippen MR) is 182 cm³/mol. The Morgan fingerprint density at radius 2 is 1.55 bits per heavy atom. The Morgan fingerprint density at radius 3 is 2.18 bits per heavy atom. The number of aliphatic hydroxyl groups is 4. The fourth-order valence-electron chi connectivity index (χ4n) is 12.6. The third-order valence-electron chi connectivity index (χ3n) is 15.1. The Hall–Kier alpha value is -2.35. The molecule has 4 aliphatic carbocycles. The highest BCUT2D eigenvalue weighted by atomic mass is 16.7. The van der Waals surface area contributed by atoms with Crippen LogP contribution in [0.3, 0.4) is 0 Å². The van der Waals surface area contributed by atoms with Crippen LogP contribution in [0.15, 0.2) is 23.3 Å². The van der Waals surface area contributed by atoms with E-state index in [0.717, 1.165) is 19.4 Å². The van der Waals surface area contributed by atoms with Gasteiger partial charge in [0, 0.05) is 54.5 Å². The molecule has 4 N–H and O–H groups in total. The first-order chi connectivity index (χ1) is 23.8. The van der Waals surface area contributed by atoms with Crippen molar-refractivity contribution >= 4 is 17.9 Å². The Labute approximate surface area is 300 Å². The molecule has 12 nitrogen and oxygen atoms in total. The molecule has 16 atom stereocenters. The van der Waals surface area contributed by atoms with Gasteiger partial charge < -0.3 is 39.4 Å². The summed E-state index contributed by atoms with van der Waals surface area (Å²) in [4.78, 5) is 41.8. The molecule has 7 rings (SSSR count). The summed E-state index contributed by atoms with van der Waals surface area (Å²) < 4.78 is 25.2. The molecule has 4 bridgehead atoms. The van der Waals surface area contributed by atoms with Gasteiger partial charge in [0.25, 0.3) is 0 Å². The van der Waals surface area contributed by atoms with E-state index < -0.39 is 99.9 Å². The van der Waals surface area contributed by atoms with Crippen LogP contribution in [0.5, 0.6) is 0 Å². The predicted octanol–water partition coefficient (Wildman–Crippen LogP) is 2.79. The average Bonchev–Trinajstić information content (AvgIpc) is 3.33. The summed E-state index contributed by atoms with van der Waals surface area (Å²) in [6, 6.07) is -0.235. The number of ether oxygens (including phenoxy) is 4. The molecule has 7 aliphatic rings. The zero-order valence-electron chi connectivity index (χ0n) is 31.3. The van der Waals surface area contributed by atoms with E-state index in [-0.39, 0.29) is 24.5 Å². The fraction of sp³-hybridized carbons (Fsp3) is 0.821. The maximum Gasteiger partial charge on any atom is 0.333 e. The molecule has 0 unspecified atom stereocenters. The van der Waals surface area contributed by atoms with E-state index in [1.165, 1.54) is 6.92 Å². The van der Waals surface area contributed by atoms with Crippen molar-refractivity contribution in [1.82, 2.24) is 4.90 Å². The largest absolute Gasteiger partial charge is 0.462 e. The van der Waals surface area contributed by atoms with Crippen molar-refractivity contribution in [1.29, 1.82) is 0 Å². The van der Waals surface area contributed by atoms with E-state index in [4.69, 9.17) is 18.9 Å². The molecular formula is C39H57NO11. The summed E-state index contributed by atoms with van der Waals surface area (Å²) in [6.07, 6.45) is 0.956. The van der Waals surface area contributed by atoms with Gasteiger partial charge in [0.15, 0.2) is 12.2 Å². The number of carbonyl (C=O) groups is 3. The summed E-state index contributed by atoms with van der Waals surface area (Å²) in [5.74, 6) is -7.05. The number of aliphatic hydroxyl groups excluding tert-OH is 1. The van der Waals surface area contributed by atoms with Crippen LogP contribution in [0.2, 0.25) is 0 Å². The van der Waals surface area contributed by atoms with Crippen LogP contribution in [0.4, 0.5) is 0 Å². The second-order valence-corrected chi connectivity index (χ2v) is 17.5. The Bertz CT molecular complexity index is 1540. The standard InChI is InChI=1S/C39H57NO11/c1-9-20(4)33(43)49-28-13-14-35(7)26-15-25(48-22(6)41)31-37(35,51-39(26,28)47)16-24-23-18-40-17-19(3)11-12-27(40)36(8,45)29(23)30(42)32(38(24,31)46)50-34(44)21(5)10-2/h9-10,19,23-32,42,45-47H,11-18H2,1-8H3/b20-9-,21-10+/t19-,23-,24-,25+,26-,27-,28-,29+,30+,31+,32-,35-,36+,37+,38-,39+/m0/s1. The molecule has 1 spiro atoms. The van der Waals surface area contributed by atoms with Gasteiger partial charge in [-0.15, -0.1) is 0 Å². The van der Waals surface area contributed by atoms with Crippen molar-refractivity contribution in [2.75, 3.05) is 13.1 Å². The van der Waals surface area contributed by atoms with Gasteiger partial charge >= 0.3 is 17.9 Å². The number of hydrogen-bond acceptors (Lipinski definition) is 12. The van der Waals surface area contributed by atoms with Gasteiger partial charge in [-0.3, -0.25) is 9.69 Å². The van der Waals surface area contributed by atoms with Gasteiger partial charge in [0.1, 0.15) is 11.7 Å². The highest BCUT2D eigenvalue weighted by molar-refractivity contribution is 5.88. The smallest absolute Gasteiger partial charge is 0.333 e. The second-order valence-electron chi connectivity index (χ2n) is 17.5. The van der Waals surface area contributed by atoms with Crippen molar-refractivity contribution in [3.63, 3.8) is 0 Å². The van der Waals surface area contributed by atoms with Gasteiger partial charge in [0.05, 0.1) is 23.2 Å². The van der Waals surface area contributed by atoms with Crippen molar-refractivity contribution in [2.45, 2.75) is 147 Å². The Balaban J connectivity index is 1.40. The quantitative estimate of drug-likeness (QED) is 0.187. The number of rotatable bonds is 5. The fourth-order valence-corrected chi connectivity index (χ4v) is 12.6. The molecule has 7 fully saturated rings. The summed E-state index contributed by atoms with van der Waals surface area (Å²) in [5, 5.41) is 51.3. The third kappa shape index (κ3) is 4.88. The number of piperidine rings is 2. The lowest BCUT2D eigenvalue weighted by atomic mass is 9.49. The molecule has 0 amide bonds. The maximum atomic E-state index is 13.6. The Morgan fingerprint density at radius 1 is 0.902 bits per heavy atom. The van der Waals surface area contributed by atoms with Crippen LogP contribution in [0, 0.1) is 40.9 Å². The summed E-state index contributed by atoms with van der Waals surface area (Å²) in [5.41, 5.74) is -4.85. The van der Waals surface area contributed by atoms with Crippen LogP contribution in [-0.2, 0) is 33.3 Å². The van der Waals surface area contributed by atoms with Crippen molar-refractivity contribution in [3.8, 4) is 0 Å². The first-order valence-electron chi connectivity index (χ1n) is 19.0. The van der Waals surface area contributed by atoms with Gasteiger partial charge in [-0.05, 0) is 90.9 Å². The van der Waals surface area contributed by atoms with Crippen LogP contribution >= 0.6 is 0 Å². The minimum atomic E-state index is -2.00. The molecule has 284 valence electrons. The number of hydrogen-bond donors (Lipinski definition) is 4. The van der Waals surface area contributed by atoms with Crippen LogP contribution in [0.25, 0.3) is 0 Å². The van der Waals surface area contributed by atoms with Crippen molar-refractivity contribution in [3.05, 3.63) is 23.3 Å². The number of esters is 3. The monoisotopic (exact) mass is 715 g/mol. The zero-order chi connectivity index (χ0) is 37.2. The lowest BCUT2D eigenvalue weighted by Crippen LogP contribution is -2.77. The summed E-state index contributed by atoms with van der Waals surface area (Å²) in [6.45, 7) is 15.2. The number of allylic oxidation sites excluding steroid dienone is 2. The van der Waals surface area contributed by atoms with E-state index in [0.29, 0.717) is 30.9 Å². The first-order valence-corrected chi connectivity index (χ1v) is 19.0. The highest BCUT2D eigenvalue weighted by Crippen LogP contribution is 2.77. The van der Waals surface area contributed by atoms with E-state index in [1.807, 2.05) is 6.92 Å². The number of nitrogens with zero attached hydrogens (tertiary/aromatic N) is 1. The molecule has 0 aromatic carbocycles. The first kappa shape index (κ1) is 37.0. The molecule has 51 heavy (non-hydrogen) atoms. The molecule has 3 heterocycles.